The fraction of sp³-hybridized carbons (Fsp3) is 0.636. The Morgan fingerprint density at radius 3 is 2.67 bits per heavy atom. The Labute approximate surface area is 89.4 Å². The molecule has 84 valence electrons. The van der Waals surface area contributed by atoms with E-state index in [9.17, 15) is 9.59 Å². The van der Waals surface area contributed by atoms with Crippen LogP contribution in [-0.4, -0.2) is 23.5 Å². The molecule has 0 aliphatic heterocycles. The Hall–Kier alpha value is -1.32. The predicted octanol–water partition coefficient (Wildman–Crippen LogP) is 1.47. The van der Waals surface area contributed by atoms with Crippen LogP contribution in [0.15, 0.2) is 11.1 Å². The van der Waals surface area contributed by atoms with Crippen molar-refractivity contribution in [2.45, 2.75) is 39.0 Å². The SMILES string of the molecule is CC1=C(C(=O)NCCCC(=O)O)CCC1. The van der Waals surface area contributed by atoms with Crippen molar-refractivity contribution in [3.8, 4) is 0 Å². The van der Waals surface area contributed by atoms with Gasteiger partial charge < -0.3 is 10.4 Å². The topological polar surface area (TPSA) is 66.4 Å². The summed E-state index contributed by atoms with van der Waals surface area (Å²) in [6.07, 6.45) is 3.53. The normalized spacial score (nSPS) is 15.5. The third-order valence-corrected chi connectivity index (χ3v) is 2.62. The van der Waals surface area contributed by atoms with Crippen molar-refractivity contribution in [3.63, 3.8) is 0 Å². The molecule has 0 fully saturated rings. The third-order valence-electron chi connectivity index (χ3n) is 2.62. The molecule has 0 aromatic rings. The fourth-order valence-electron chi connectivity index (χ4n) is 1.75. The lowest BCUT2D eigenvalue weighted by atomic mass is 10.1. The molecule has 0 bridgehead atoms. The van der Waals surface area contributed by atoms with Crippen LogP contribution in [0.1, 0.15) is 39.0 Å². The van der Waals surface area contributed by atoms with Crippen LogP contribution >= 0.6 is 0 Å². The van der Waals surface area contributed by atoms with Crippen molar-refractivity contribution in [1.29, 1.82) is 0 Å². The number of carbonyl (C=O) groups excluding carboxylic acids is 1. The maximum atomic E-state index is 11.6. The number of allylic oxidation sites excluding steroid dienone is 1. The van der Waals surface area contributed by atoms with Gasteiger partial charge in [0.1, 0.15) is 0 Å². The molecule has 0 saturated carbocycles. The van der Waals surface area contributed by atoms with Gasteiger partial charge in [0, 0.05) is 18.5 Å². The minimum Gasteiger partial charge on any atom is -0.481 e. The van der Waals surface area contributed by atoms with Crippen molar-refractivity contribution in [2.24, 2.45) is 0 Å². The highest BCUT2D eigenvalue weighted by molar-refractivity contribution is 5.94. The van der Waals surface area contributed by atoms with Crippen LogP contribution in [0.4, 0.5) is 0 Å². The molecule has 1 aliphatic rings. The van der Waals surface area contributed by atoms with Gasteiger partial charge in [-0.3, -0.25) is 9.59 Å². The first-order valence-electron chi connectivity index (χ1n) is 5.30. The zero-order chi connectivity index (χ0) is 11.3. The van der Waals surface area contributed by atoms with E-state index < -0.39 is 5.97 Å². The molecule has 1 amide bonds. The van der Waals surface area contributed by atoms with Crippen molar-refractivity contribution in [3.05, 3.63) is 11.1 Å². The van der Waals surface area contributed by atoms with Gasteiger partial charge in [0.25, 0.3) is 0 Å². The molecular weight excluding hydrogens is 194 g/mol. The number of rotatable bonds is 5. The third kappa shape index (κ3) is 3.73. The fourth-order valence-corrected chi connectivity index (χ4v) is 1.75. The van der Waals surface area contributed by atoms with Crippen molar-refractivity contribution >= 4 is 11.9 Å². The summed E-state index contributed by atoms with van der Waals surface area (Å²) in [5.41, 5.74) is 2.07. The standard InChI is InChI=1S/C11H17NO3/c1-8-4-2-5-9(8)11(15)12-7-3-6-10(13)14/h2-7H2,1H3,(H,12,15)(H,13,14). The summed E-state index contributed by atoms with van der Waals surface area (Å²) in [7, 11) is 0. The Bertz CT molecular complexity index is 294. The number of aliphatic carboxylic acids is 1. The van der Waals surface area contributed by atoms with E-state index in [1.165, 1.54) is 5.57 Å². The summed E-state index contributed by atoms with van der Waals surface area (Å²) in [5.74, 6) is -0.837. The average Bonchev–Trinajstić information content (AvgIpc) is 2.58. The Morgan fingerprint density at radius 1 is 1.40 bits per heavy atom. The van der Waals surface area contributed by atoms with Gasteiger partial charge in [-0.05, 0) is 32.6 Å². The van der Waals surface area contributed by atoms with E-state index >= 15 is 0 Å². The minimum absolute atomic E-state index is 0.0182. The maximum Gasteiger partial charge on any atom is 0.303 e. The zero-order valence-electron chi connectivity index (χ0n) is 9.01. The molecule has 0 aromatic heterocycles. The molecule has 0 aromatic carbocycles. The summed E-state index contributed by atoms with van der Waals surface area (Å²) < 4.78 is 0. The smallest absolute Gasteiger partial charge is 0.303 e. The van der Waals surface area contributed by atoms with E-state index in [-0.39, 0.29) is 12.3 Å². The minimum atomic E-state index is -0.819. The van der Waals surface area contributed by atoms with Crippen LogP contribution in [0.3, 0.4) is 0 Å². The molecule has 15 heavy (non-hydrogen) atoms. The van der Waals surface area contributed by atoms with E-state index in [2.05, 4.69) is 5.32 Å². The molecular formula is C11H17NO3. The van der Waals surface area contributed by atoms with Crippen LogP contribution in [0.2, 0.25) is 0 Å². The monoisotopic (exact) mass is 211 g/mol. The van der Waals surface area contributed by atoms with Crippen molar-refractivity contribution in [2.75, 3.05) is 6.54 Å². The van der Waals surface area contributed by atoms with Gasteiger partial charge in [-0.25, -0.2) is 0 Å². The predicted molar refractivity (Wildman–Crippen MR) is 56.4 cm³/mol. The lowest BCUT2D eigenvalue weighted by Gasteiger charge is -2.05. The van der Waals surface area contributed by atoms with Gasteiger partial charge in [-0.1, -0.05) is 5.57 Å². The van der Waals surface area contributed by atoms with E-state index in [0.717, 1.165) is 24.8 Å². The van der Waals surface area contributed by atoms with Crippen LogP contribution in [-0.2, 0) is 9.59 Å². The number of hydrogen-bond donors (Lipinski definition) is 2. The zero-order valence-corrected chi connectivity index (χ0v) is 9.01. The highest BCUT2D eigenvalue weighted by atomic mass is 16.4. The summed E-state index contributed by atoms with van der Waals surface area (Å²) in [5, 5.41) is 11.2. The van der Waals surface area contributed by atoms with Crippen molar-refractivity contribution in [1.82, 2.24) is 5.32 Å². The molecule has 0 heterocycles. The van der Waals surface area contributed by atoms with E-state index in [0.29, 0.717) is 13.0 Å². The molecule has 0 saturated heterocycles. The summed E-state index contributed by atoms with van der Waals surface area (Å²) in [6.45, 7) is 2.43. The largest absolute Gasteiger partial charge is 0.481 e. The van der Waals surface area contributed by atoms with E-state index in [1.807, 2.05) is 6.92 Å². The van der Waals surface area contributed by atoms with Gasteiger partial charge in [0.2, 0.25) is 5.91 Å². The average molecular weight is 211 g/mol. The Morgan fingerprint density at radius 2 is 2.13 bits per heavy atom. The lowest BCUT2D eigenvalue weighted by Crippen LogP contribution is -2.26. The number of carboxylic acids is 1. The number of nitrogens with one attached hydrogen (secondary N) is 1. The van der Waals surface area contributed by atoms with Crippen LogP contribution in [0.5, 0.6) is 0 Å². The van der Waals surface area contributed by atoms with Gasteiger partial charge in [-0.2, -0.15) is 0 Å². The molecule has 4 nitrogen and oxygen atoms in total. The van der Waals surface area contributed by atoms with Crippen molar-refractivity contribution < 1.29 is 14.7 Å². The number of amides is 1. The molecule has 2 N–H and O–H groups in total. The van der Waals surface area contributed by atoms with Crippen LogP contribution in [0, 0.1) is 0 Å². The van der Waals surface area contributed by atoms with E-state index in [1.54, 1.807) is 0 Å². The van der Waals surface area contributed by atoms with Crippen LogP contribution in [0.25, 0.3) is 0 Å². The highest BCUT2D eigenvalue weighted by Crippen LogP contribution is 2.25. The van der Waals surface area contributed by atoms with Gasteiger partial charge in [-0.15, -0.1) is 0 Å². The van der Waals surface area contributed by atoms with E-state index in [4.69, 9.17) is 5.11 Å². The molecule has 0 atom stereocenters. The summed E-state index contributed by atoms with van der Waals surface area (Å²) >= 11 is 0. The number of hydrogen-bond acceptors (Lipinski definition) is 2. The highest BCUT2D eigenvalue weighted by Gasteiger charge is 2.17. The first kappa shape index (κ1) is 11.8. The second kappa shape index (κ2) is 5.53. The van der Waals surface area contributed by atoms with Gasteiger partial charge >= 0.3 is 5.97 Å². The number of carbonyl (C=O) groups is 2. The second-order valence-corrected chi connectivity index (χ2v) is 3.87. The molecule has 0 spiro atoms. The maximum absolute atomic E-state index is 11.6. The molecule has 1 aliphatic carbocycles. The number of carboxylic acid groups (broad SMARTS) is 1. The molecule has 0 unspecified atom stereocenters. The lowest BCUT2D eigenvalue weighted by molar-refractivity contribution is -0.137. The first-order chi connectivity index (χ1) is 7.11. The summed E-state index contributed by atoms with van der Waals surface area (Å²) in [6, 6.07) is 0. The Kier molecular flexibility index (Phi) is 4.34. The van der Waals surface area contributed by atoms with Crippen LogP contribution < -0.4 is 5.32 Å². The van der Waals surface area contributed by atoms with Gasteiger partial charge in [0.15, 0.2) is 0 Å². The summed E-state index contributed by atoms with van der Waals surface area (Å²) in [4.78, 5) is 21.8. The first-order valence-corrected chi connectivity index (χ1v) is 5.30. The van der Waals surface area contributed by atoms with Gasteiger partial charge in [0.05, 0.1) is 0 Å². The quantitative estimate of drug-likeness (QED) is 0.677. The second-order valence-electron chi connectivity index (χ2n) is 3.87. The molecule has 4 heteroatoms. The molecule has 1 rings (SSSR count). The Balaban J connectivity index is 2.25. The molecule has 0 radical (unpaired) electrons.